The summed E-state index contributed by atoms with van der Waals surface area (Å²) in [6, 6.07) is 0.770. The number of hydrogen-bond acceptors (Lipinski definition) is 2. The number of rotatable bonds is 7. The van der Waals surface area contributed by atoms with Crippen molar-refractivity contribution in [3.05, 3.63) is 0 Å². The molecule has 2 nitrogen and oxygen atoms in total. The van der Waals surface area contributed by atoms with Crippen LogP contribution in [0.25, 0.3) is 0 Å². The quantitative estimate of drug-likeness (QED) is 0.630. The number of nitrogens with zero attached hydrogens (tertiary/aromatic N) is 2. The average molecular weight is 240 g/mol. The SMILES string of the molecule is CCCCCC(C)(CC)N1CCC(N(C)C)C1. The van der Waals surface area contributed by atoms with E-state index in [1.165, 1.54) is 51.6 Å². The molecule has 0 spiro atoms. The molecule has 1 heterocycles. The van der Waals surface area contributed by atoms with Gasteiger partial charge in [-0.05, 0) is 40.3 Å². The lowest BCUT2D eigenvalue weighted by molar-refractivity contribution is 0.107. The van der Waals surface area contributed by atoms with Gasteiger partial charge in [0.1, 0.15) is 0 Å². The van der Waals surface area contributed by atoms with Crippen molar-refractivity contribution >= 4 is 0 Å². The van der Waals surface area contributed by atoms with E-state index in [0.717, 1.165) is 6.04 Å². The molecule has 0 radical (unpaired) electrons. The summed E-state index contributed by atoms with van der Waals surface area (Å²) in [4.78, 5) is 5.13. The van der Waals surface area contributed by atoms with Crippen LogP contribution in [0.5, 0.6) is 0 Å². The fraction of sp³-hybridized carbons (Fsp3) is 1.00. The molecule has 2 unspecified atom stereocenters. The summed E-state index contributed by atoms with van der Waals surface area (Å²) in [5, 5.41) is 0. The molecule has 0 amide bonds. The number of likely N-dealkylation sites (tertiary alicyclic amines) is 1. The Bertz CT molecular complexity index is 215. The van der Waals surface area contributed by atoms with Crippen LogP contribution in [0.15, 0.2) is 0 Å². The summed E-state index contributed by atoms with van der Waals surface area (Å²) in [6.45, 7) is 9.68. The van der Waals surface area contributed by atoms with Crippen LogP contribution < -0.4 is 0 Å². The first-order chi connectivity index (χ1) is 8.03. The first-order valence-electron chi connectivity index (χ1n) is 7.45. The summed E-state index contributed by atoms with van der Waals surface area (Å²) < 4.78 is 0. The van der Waals surface area contributed by atoms with Gasteiger partial charge in [0, 0.05) is 24.7 Å². The lowest BCUT2D eigenvalue weighted by atomic mass is 9.90. The van der Waals surface area contributed by atoms with Gasteiger partial charge in [-0.25, -0.2) is 0 Å². The Morgan fingerprint density at radius 1 is 1.24 bits per heavy atom. The molecule has 102 valence electrons. The zero-order valence-electron chi connectivity index (χ0n) is 12.6. The maximum Gasteiger partial charge on any atom is 0.0229 e. The third-order valence-electron chi connectivity index (χ3n) is 4.74. The molecular weight excluding hydrogens is 208 g/mol. The number of unbranched alkanes of at least 4 members (excludes halogenated alkanes) is 2. The molecule has 17 heavy (non-hydrogen) atoms. The maximum atomic E-state index is 2.74. The molecule has 0 aromatic carbocycles. The molecule has 1 fully saturated rings. The molecule has 0 N–H and O–H groups in total. The van der Waals surface area contributed by atoms with Crippen molar-refractivity contribution in [1.29, 1.82) is 0 Å². The molecule has 2 heteroatoms. The second-order valence-electron chi connectivity index (χ2n) is 6.16. The van der Waals surface area contributed by atoms with Gasteiger partial charge < -0.3 is 4.90 Å². The van der Waals surface area contributed by atoms with E-state index in [-0.39, 0.29) is 0 Å². The summed E-state index contributed by atoms with van der Waals surface area (Å²) in [5.41, 5.74) is 0.444. The van der Waals surface area contributed by atoms with Crippen LogP contribution in [-0.2, 0) is 0 Å². The van der Waals surface area contributed by atoms with Gasteiger partial charge in [-0.3, -0.25) is 4.90 Å². The Balaban J connectivity index is 2.49. The van der Waals surface area contributed by atoms with Gasteiger partial charge in [-0.2, -0.15) is 0 Å². The smallest absolute Gasteiger partial charge is 0.0229 e. The van der Waals surface area contributed by atoms with E-state index < -0.39 is 0 Å². The minimum absolute atomic E-state index is 0.444. The highest BCUT2D eigenvalue weighted by atomic mass is 15.3. The normalized spacial score (nSPS) is 25.4. The van der Waals surface area contributed by atoms with Crippen molar-refractivity contribution in [3.63, 3.8) is 0 Å². The van der Waals surface area contributed by atoms with Crippen molar-refractivity contribution < 1.29 is 0 Å². The Kier molecular flexibility index (Phi) is 5.94. The summed E-state index contributed by atoms with van der Waals surface area (Å²) in [5.74, 6) is 0. The van der Waals surface area contributed by atoms with Gasteiger partial charge in [0.05, 0.1) is 0 Å². The van der Waals surface area contributed by atoms with E-state index in [9.17, 15) is 0 Å². The summed E-state index contributed by atoms with van der Waals surface area (Å²) >= 11 is 0. The van der Waals surface area contributed by atoms with Crippen LogP contribution in [0.4, 0.5) is 0 Å². The van der Waals surface area contributed by atoms with Gasteiger partial charge >= 0.3 is 0 Å². The van der Waals surface area contributed by atoms with E-state index in [4.69, 9.17) is 0 Å². The lowest BCUT2D eigenvalue weighted by Crippen LogP contribution is -2.46. The van der Waals surface area contributed by atoms with Crippen LogP contribution in [0.2, 0.25) is 0 Å². The van der Waals surface area contributed by atoms with Crippen molar-refractivity contribution in [2.24, 2.45) is 0 Å². The fourth-order valence-corrected chi connectivity index (χ4v) is 2.97. The Labute approximate surface area is 108 Å². The van der Waals surface area contributed by atoms with E-state index in [1.54, 1.807) is 0 Å². The van der Waals surface area contributed by atoms with Gasteiger partial charge in [0.2, 0.25) is 0 Å². The molecule has 2 atom stereocenters. The molecule has 0 aromatic heterocycles. The predicted octanol–water partition coefficient (Wildman–Crippen LogP) is 3.37. The predicted molar refractivity (Wildman–Crippen MR) is 76.5 cm³/mol. The van der Waals surface area contributed by atoms with Gasteiger partial charge in [-0.1, -0.05) is 33.1 Å². The molecule has 0 aliphatic carbocycles. The lowest BCUT2D eigenvalue weighted by Gasteiger charge is -2.39. The minimum atomic E-state index is 0.444. The number of likely N-dealkylation sites (N-methyl/N-ethyl adjacent to an activating group) is 1. The fourth-order valence-electron chi connectivity index (χ4n) is 2.97. The summed E-state index contributed by atoms with van der Waals surface area (Å²) in [7, 11) is 4.43. The van der Waals surface area contributed by atoms with Crippen LogP contribution in [0.3, 0.4) is 0 Å². The highest BCUT2D eigenvalue weighted by Gasteiger charge is 2.35. The molecule has 1 rings (SSSR count). The standard InChI is InChI=1S/C15H32N2/c1-6-8-9-11-15(3,7-2)17-12-10-14(13-17)16(4)5/h14H,6-13H2,1-5H3. The van der Waals surface area contributed by atoms with E-state index in [2.05, 4.69) is 44.7 Å². The van der Waals surface area contributed by atoms with Crippen LogP contribution in [0.1, 0.15) is 59.3 Å². The molecule has 1 aliphatic heterocycles. The molecule has 0 aromatic rings. The molecule has 0 saturated carbocycles. The molecule has 0 bridgehead atoms. The van der Waals surface area contributed by atoms with Gasteiger partial charge in [-0.15, -0.1) is 0 Å². The Morgan fingerprint density at radius 2 is 1.94 bits per heavy atom. The molecular formula is C15H32N2. The van der Waals surface area contributed by atoms with Gasteiger partial charge in [0.25, 0.3) is 0 Å². The topological polar surface area (TPSA) is 6.48 Å². The monoisotopic (exact) mass is 240 g/mol. The van der Waals surface area contributed by atoms with E-state index in [1.807, 2.05) is 0 Å². The zero-order valence-corrected chi connectivity index (χ0v) is 12.6. The largest absolute Gasteiger partial charge is 0.305 e. The third-order valence-corrected chi connectivity index (χ3v) is 4.74. The Morgan fingerprint density at radius 3 is 2.41 bits per heavy atom. The minimum Gasteiger partial charge on any atom is -0.305 e. The first kappa shape index (κ1) is 15.0. The van der Waals surface area contributed by atoms with Crippen molar-refractivity contribution in [1.82, 2.24) is 9.80 Å². The Hall–Kier alpha value is -0.0800. The average Bonchev–Trinajstić information content (AvgIpc) is 2.79. The molecule has 1 aliphatic rings. The van der Waals surface area contributed by atoms with Crippen LogP contribution in [-0.4, -0.2) is 48.6 Å². The maximum absolute atomic E-state index is 2.74. The van der Waals surface area contributed by atoms with Crippen LogP contribution >= 0.6 is 0 Å². The summed E-state index contributed by atoms with van der Waals surface area (Å²) in [6.07, 6.45) is 8.12. The van der Waals surface area contributed by atoms with Crippen molar-refractivity contribution in [3.8, 4) is 0 Å². The highest BCUT2D eigenvalue weighted by Crippen LogP contribution is 2.30. The van der Waals surface area contributed by atoms with E-state index in [0.29, 0.717) is 5.54 Å². The van der Waals surface area contributed by atoms with E-state index >= 15 is 0 Å². The first-order valence-corrected chi connectivity index (χ1v) is 7.45. The highest BCUT2D eigenvalue weighted by molar-refractivity contribution is 4.92. The van der Waals surface area contributed by atoms with Crippen molar-refractivity contribution in [2.75, 3.05) is 27.2 Å². The van der Waals surface area contributed by atoms with Crippen molar-refractivity contribution in [2.45, 2.75) is 70.9 Å². The third kappa shape index (κ3) is 3.96. The zero-order chi connectivity index (χ0) is 12.9. The van der Waals surface area contributed by atoms with Crippen LogP contribution in [0, 0.1) is 0 Å². The molecule has 1 saturated heterocycles. The number of hydrogen-bond donors (Lipinski definition) is 0. The van der Waals surface area contributed by atoms with Gasteiger partial charge in [0.15, 0.2) is 0 Å². The second kappa shape index (κ2) is 6.75. The second-order valence-corrected chi connectivity index (χ2v) is 6.16.